The van der Waals surface area contributed by atoms with Crippen LogP contribution >= 0.6 is 22.9 Å². The lowest BCUT2D eigenvalue weighted by atomic mass is 10.0. The smallest absolute Gasteiger partial charge is 0.220 e. The van der Waals surface area contributed by atoms with Crippen molar-refractivity contribution in [3.8, 4) is 0 Å². The number of aryl methyl sites for hydroxylation is 1. The minimum absolute atomic E-state index is 0.101. The summed E-state index contributed by atoms with van der Waals surface area (Å²) >= 11 is 7.85. The molecule has 1 atom stereocenters. The van der Waals surface area contributed by atoms with Crippen molar-refractivity contribution in [1.82, 2.24) is 10.3 Å². The van der Waals surface area contributed by atoms with Gasteiger partial charge in [0.25, 0.3) is 0 Å². The van der Waals surface area contributed by atoms with E-state index >= 15 is 0 Å². The Kier molecular flexibility index (Phi) is 5.51. The Morgan fingerprint density at radius 2 is 2.30 bits per heavy atom. The molecule has 0 radical (unpaired) electrons. The first-order chi connectivity index (χ1) is 11.2. The number of carbonyl (C=O) groups excluding carboxylic acids is 1. The van der Waals surface area contributed by atoms with E-state index in [0.717, 1.165) is 42.3 Å². The van der Waals surface area contributed by atoms with Crippen LogP contribution in [0.25, 0.3) is 0 Å². The molecule has 0 spiro atoms. The first-order valence-electron chi connectivity index (χ1n) is 7.88. The molecule has 1 amide bonds. The third kappa shape index (κ3) is 4.45. The highest BCUT2D eigenvalue weighted by atomic mass is 35.5. The highest BCUT2D eigenvalue weighted by molar-refractivity contribution is 7.07. The number of nitrogens with one attached hydrogen (secondary N) is 1. The lowest BCUT2D eigenvalue weighted by molar-refractivity contribution is -0.121. The Hall–Kier alpha value is -1.59. The number of carbonyl (C=O) groups is 1. The fourth-order valence-electron chi connectivity index (χ4n) is 2.92. The fraction of sp³-hybridized carbons (Fsp3) is 0.412. The summed E-state index contributed by atoms with van der Waals surface area (Å²) in [5, 5.41) is 5.91. The number of para-hydroxylation sites is 1. The van der Waals surface area contributed by atoms with Crippen LogP contribution < -0.4 is 10.2 Å². The molecule has 1 aromatic heterocycles. The molecular formula is C17H20ClN3OS. The van der Waals surface area contributed by atoms with E-state index in [4.69, 9.17) is 11.6 Å². The third-order valence-electron chi connectivity index (χ3n) is 4.07. The standard InChI is InChI=1S/C17H20ClN3OS/c18-15-5-1-2-6-16(15)21-9-3-4-13(10-21)20-17(22)8-7-14-11-23-12-19-14/h1-2,5-6,11-13H,3-4,7-10H2,(H,20,22)/t13-/m1/s1. The molecule has 0 bridgehead atoms. The van der Waals surface area contributed by atoms with Crippen molar-refractivity contribution >= 4 is 34.5 Å². The van der Waals surface area contributed by atoms with Crippen molar-refractivity contribution in [2.75, 3.05) is 18.0 Å². The second kappa shape index (κ2) is 7.79. The van der Waals surface area contributed by atoms with Crippen molar-refractivity contribution in [2.45, 2.75) is 31.7 Å². The Labute approximate surface area is 145 Å². The summed E-state index contributed by atoms with van der Waals surface area (Å²) in [5.41, 5.74) is 3.85. The summed E-state index contributed by atoms with van der Waals surface area (Å²) in [6.45, 7) is 1.79. The maximum absolute atomic E-state index is 12.1. The number of thiazole rings is 1. The van der Waals surface area contributed by atoms with Crippen LogP contribution in [0, 0.1) is 0 Å². The van der Waals surface area contributed by atoms with Gasteiger partial charge >= 0.3 is 0 Å². The minimum atomic E-state index is 0.101. The highest BCUT2D eigenvalue weighted by Gasteiger charge is 2.22. The molecule has 1 aliphatic rings. The summed E-state index contributed by atoms with van der Waals surface area (Å²) in [6.07, 6.45) is 3.27. The molecule has 0 saturated carbocycles. The summed E-state index contributed by atoms with van der Waals surface area (Å²) in [4.78, 5) is 18.6. The van der Waals surface area contributed by atoms with Crippen molar-refractivity contribution < 1.29 is 4.79 Å². The summed E-state index contributed by atoms with van der Waals surface area (Å²) in [7, 11) is 0. The van der Waals surface area contributed by atoms with Gasteiger partial charge in [-0.05, 0) is 31.4 Å². The minimum Gasteiger partial charge on any atom is -0.368 e. The number of nitrogens with zero attached hydrogens (tertiary/aromatic N) is 2. The molecule has 1 aromatic carbocycles. The Balaban J connectivity index is 1.52. The molecule has 1 aliphatic heterocycles. The quantitative estimate of drug-likeness (QED) is 0.898. The predicted octanol–water partition coefficient (Wildman–Crippen LogP) is 3.51. The Bertz CT molecular complexity index is 647. The predicted molar refractivity (Wildman–Crippen MR) is 95.3 cm³/mol. The molecule has 2 heterocycles. The van der Waals surface area contributed by atoms with Gasteiger partial charge in [-0.25, -0.2) is 4.98 Å². The molecule has 4 nitrogen and oxygen atoms in total. The van der Waals surface area contributed by atoms with Gasteiger partial charge < -0.3 is 10.2 Å². The van der Waals surface area contributed by atoms with E-state index in [2.05, 4.69) is 15.2 Å². The molecule has 1 N–H and O–H groups in total. The largest absolute Gasteiger partial charge is 0.368 e. The van der Waals surface area contributed by atoms with Crippen LogP contribution in [0.4, 0.5) is 5.69 Å². The molecule has 2 aromatic rings. The number of piperidine rings is 1. The summed E-state index contributed by atoms with van der Waals surface area (Å²) < 4.78 is 0. The maximum atomic E-state index is 12.1. The Morgan fingerprint density at radius 1 is 1.43 bits per heavy atom. The van der Waals surface area contributed by atoms with Crippen LogP contribution in [-0.2, 0) is 11.2 Å². The van der Waals surface area contributed by atoms with Crippen LogP contribution in [0.15, 0.2) is 35.2 Å². The lowest BCUT2D eigenvalue weighted by Gasteiger charge is -2.35. The molecule has 1 saturated heterocycles. The van der Waals surface area contributed by atoms with Crippen LogP contribution in [-0.4, -0.2) is 30.0 Å². The molecule has 23 heavy (non-hydrogen) atoms. The number of anilines is 1. The molecule has 6 heteroatoms. The highest BCUT2D eigenvalue weighted by Crippen LogP contribution is 2.27. The van der Waals surface area contributed by atoms with Gasteiger partial charge in [-0.2, -0.15) is 0 Å². The van der Waals surface area contributed by atoms with Gasteiger partial charge in [0.1, 0.15) is 0 Å². The number of halogens is 1. The van der Waals surface area contributed by atoms with E-state index in [1.807, 2.05) is 29.6 Å². The zero-order valence-corrected chi connectivity index (χ0v) is 14.4. The van der Waals surface area contributed by atoms with E-state index in [0.29, 0.717) is 12.8 Å². The molecule has 1 fully saturated rings. The molecule has 122 valence electrons. The normalized spacial score (nSPS) is 18.0. The van der Waals surface area contributed by atoms with Gasteiger partial charge in [0.2, 0.25) is 5.91 Å². The maximum Gasteiger partial charge on any atom is 0.220 e. The number of hydrogen-bond acceptors (Lipinski definition) is 4. The van der Waals surface area contributed by atoms with Crippen molar-refractivity contribution in [2.24, 2.45) is 0 Å². The number of amides is 1. The van der Waals surface area contributed by atoms with Crippen molar-refractivity contribution in [3.63, 3.8) is 0 Å². The van der Waals surface area contributed by atoms with Crippen molar-refractivity contribution in [3.05, 3.63) is 45.9 Å². The first-order valence-corrected chi connectivity index (χ1v) is 9.20. The average Bonchev–Trinajstić information content (AvgIpc) is 3.07. The van der Waals surface area contributed by atoms with Crippen LogP contribution in [0.1, 0.15) is 25.0 Å². The monoisotopic (exact) mass is 349 g/mol. The van der Waals surface area contributed by atoms with E-state index in [1.165, 1.54) is 0 Å². The van der Waals surface area contributed by atoms with Crippen LogP contribution in [0.5, 0.6) is 0 Å². The summed E-state index contributed by atoms with van der Waals surface area (Å²) in [6, 6.07) is 8.06. The number of benzene rings is 1. The van der Waals surface area contributed by atoms with Gasteiger partial charge in [-0.1, -0.05) is 23.7 Å². The van der Waals surface area contributed by atoms with Crippen molar-refractivity contribution in [1.29, 1.82) is 0 Å². The van der Waals surface area contributed by atoms with E-state index in [9.17, 15) is 4.79 Å². The molecule has 0 unspecified atom stereocenters. The van der Waals surface area contributed by atoms with Gasteiger partial charge in [0.15, 0.2) is 0 Å². The molecular weight excluding hydrogens is 330 g/mol. The van der Waals surface area contributed by atoms with Gasteiger partial charge in [-0.3, -0.25) is 4.79 Å². The van der Waals surface area contributed by atoms with Gasteiger partial charge in [-0.15, -0.1) is 11.3 Å². The number of aromatic nitrogens is 1. The van der Waals surface area contributed by atoms with E-state index in [1.54, 1.807) is 16.8 Å². The first kappa shape index (κ1) is 16.3. The second-order valence-corrected chi connectivity index (χ2v) is 6.91. The third-order valence-corrected chi connectivity index (χ3v) is 5.03. The Morgan fingerprint density at radius 3 is 3.09 bits per heavy atom. The van der Waals surface area contributed by atoms with E-state index in [-0.39, 0.29) is 11.9 Å². The summed E-state index contributed by atoms with van der Waals surface area (Å²) in [5.74, 6) is 0.101. The fourth-order valence-corrected chi connectivity index (χ4v) is 3.77. The van der Waals surface area contributed by atoms with Crippen LogP contribution in [0.3, 0.4) is 0 Å². The molecule has 0 aliphatic carbocycles. The topological polar surface area (TPSA) is 45.2 Å². The van der Waals surface area contributed by atoms with Gasteiger partial charge in [0.05, 0.1) is 21.9 Å². The number of hydrogen-bond donors (Lipinski definition) is 1. The molecule has 3 rings (SSSR count). The SMILES string of the molecule is O=C(CCc1cscn1)N[C@@H]1CCCN(c2ccccc2Cl)C1. The zero-order valence-electron chi connectivity index (χ0n) is 12.9. The second-order valence-electron chi connectivity index (χ2n) is 5.78. The van der Waals surface area contributed by atoms with Crippen LogP contribution in [0.2, 0.25) is 5.02 Å². The van der Waals surface area contributed by atoms with E-state index < -0.39 is 0 Å². The zero-order chi connectivity index (χ0) is 16.1. The average molecular weight is 350 g/mol. The van der Waals surface area contributed by atoms with Gasteiger partial charge in [0, 0.05) is 30.9 Å². The number of rotatable bonds is 5. The lowest BCUT2D eigenvalue weighted by Crippen LogP contribution is -2.48.